The first-order valence-corrected chi connectivity index (χ1v) is 11.2. The smallest absolute Gasteiger partial charge is 0.261 e. The van der Waals surface area contributed by atoms with Crippen LogP contribution in [0.5, 0.6) is 0 Å². The molecule has 4 rings (SSSR count). The van der Waals surface area contributed by atoms with E-state index < -0.39 is 0 Å². The first kappa shape index (κ1) is 20.9. The van der Waals surface area contributed by atoms with Gasteiger partial charge in [-0.05, 0) is 36.8 Å². The average molecular weight is 461 g/mol. The summed E-state index contributed by atoms with van der Waals surface area (Å²) in [4.78, 5) is 36.1. The number of carbonyl (C=O) groups excluding carboxylic acids is 1. The molecule has 2 heterocycles. The van der Waals surface area contributed by atoms with Crippen molar-refractivity contribution in [3.05, 3.63) is 69.2 Å². The molecule has 1 fully saturated rings. The van der Waals surface area contributed by atoms with Gasteiger partial charge in [-0.15, -0.1) is 0 Å². The van der Waals surface area contributed by atoms with Crippen LogP contribution in [0.3, 0.4) is 0 Å². The second-order valence-electron chi connectivity index (χ2n) is 6.75. The van der Waals surface area contributed by atoms with E-state index in [4.69, 9.17) is 23.2 Å². The van der Waals surface area contributed by atoms with Crippen LogP contribution in [0.2, 0.25) is 10.0 Å². The highest BCUT2D eigenvalue weighted by atomic mass is 35.5. The summed E-state index contributed by atoms with van der Waals surface area (Å²) < 4.78 is 1.48. The fraction of sp³-hybridized carbons (Fsp3) is 0.238. The molecule has 0 saturated carbocycles. The molecule has 6 nitrogen and oxygen atoms in total. The van der Waals surface area contributed by atoms with Gasteiger partial charge in [0.1, 0.15) is 0 Å². The third kappa shape index (κ3) is 4.53. The number of para-hydroxylation sites is 1. The van der Waals surface area contributed by atoms with Gasteiger partial charge in [0.2, 0.25) is 5.91 Å². The fourth-order valence-corrected chi connectivity index (χ4v) is 4.43. The summed E-state index contributed by atoms with van der Waals surface area (Å²) in [5, 5.41) is 2.05. The number of fused-ring (bicyclic) bond motifs is 1. The van der Waals surface area contributed by atoms with Gasteiger partial charge in [0.15, 0.2) is 5.17 Å². The minimum atomic E-state index is -0.147. The number of carbonyl (C=O) groups is 1. The van der Waals surface area contributed by atoms with Gasteiger partial charge in [-0.1, -0.05) is 47.1 Å². The highest BCUT2D eigenvalue weighted by Gasteiger charge is 2.23. The molecule has 154 valence electrons. The SMILES string of the molecule is O=C(CCn1cnc2ccccc2c1=O)N1CCCSC1=Nc1ccc(Cl)c(Cl)c1. The molecule has 30 heavy (non-hydrogen) atoms. The lowest BCUT2D eigenvalue weighted by Crippen LogP contribution is -2.40. The Kier molecular flexibility index (Phi) is 6.41. The van der Waals surface area contributed by atoms with Crippen molar-refractivity contribution < 1.29 is 4.79 Å². The van der Waals surface area contributed by atoms with Crippen LogP contribution in [0.15, 0.2) is 58.6 Å². The fourth-order valence-electron chi connectivity index (χ4n) is 3.17. The lowest BCUT2D eigenvalue weighted by atomic mass is 10.2. The summed E-state index contributed by atoms with van der Waals surface area (Å²) >= 11 is 13.6. The summed E-state index contributed by atoms with van der Waals surface area (Å²) in [7, 11) is 0. The van der Waals surface area contributed by atoms with E-state index >= 15 is 0 Å². The normalized spacial score (nSPS) is 15.7. The Labute approximate surface area is 187 Å². The lowest BCUT2D eigenvalue weighted by molar-refractivity contribution is -0.127. The zero-order valence-electron chi connectivity index (χ0n) is 15.9. The molecule has 1 aliphatic rings. The number of aryl methyl sites for hydroxylation is 1. The van der Waals surface area contributed by atoms with Gasteiger partial charge in [0.05, 0.1) is 33.0 Å². The van der Waals surface area contributed by atoms with E-state index in [1.165, 1.54) is 22.7 Å². The van der Waals surface area contributed by atoms with Crippen molar-refractivity contribution in [3.8, 4) is 0 Å². The van der Waals surface area contributed by atoms with E-state index in [1.54, 1.807) is 41.3 Å². The zero-order chi connectivity index (χ0) is 21.1. The number of hydrogen-bond acceptors (Lipinski definition) is 5. The summed E-state index contributed by atoms with van der Waals surface area (Å²) in [5.41, 5.74) is 1.14. The van der Waals surface area contributed by atoms with Crippen LogP contribution in [-0.2, 0) is 11.3 Å². The number of aromatic nitrogens is 2. The molecule has 0 bridgehead atoms. The molecule has 9 heteroatoms. The summed E-state index contributed by atoms with van der Waals surface area (Å²) in [6.07, 6.45) is 2.56. The van der Waals surface area contributed by atoms with E-state index in [-0.39, 0.29) is 24.4 Å². The maximum absolute atomic E-state index is 12.9. The predicted molar refractivity (Wildman–Crippen MR) is 123 cm³/mol. The van der Waals surface area contributed by atoms with Crippen molar-refractivity contribution in [1.82, 2.24) is 14.5 Å². The van der Waals surface area contributed by atoms with Crippen molar-refractivity contribution in [2.75, 3.05) is 12.3 Å². The van der Waals surface area contributed by atoms with Crippen molar-refractivity contribution in [2.45, 2.75) is 19.4 Å². The Morgan fingerprint density at radius 1 is 1.17 bits per heavy atom. The largest absolute Gasteiger partial charge is 0.298 e. The van der Waals surface area contributed by atoms with E-state index in [9.17, 15) is 9.59 Å². The Bertz CT molecular complexity index is 1200. The van der Waals surface area contributed by atoms with Gasteiger partial charge in [-0.25, -0.2) is 9.98 Å². The monoisotopic (exact) mass is 460 g/mol. The third-order valence-corrected chi connectivity index (χ3v) is 6.52. The second-order valence-corrected chi connectivity index (χ2v) is 8.63. The highest BCUT2D eigenvalue weighted by Crippen LogP contribution is 2.29. The molecule has 0 atom stereocenters. The van der Waals surface area contributed by atoms with Crippen LogP contribution in [0, 0.1) is 0 Å². The molecule has 0 unspecified atom stereocenters. The van der Waals surface area contributed by atoms with Crippen LogP contribution in [-0.4, -0.2) is 37.8 Å². The zero-order valence-corrected chi connectivity index (χ0v) is 18.3. The first-order chi connectivity index (χ1) is 14.5. The molecule has 0 N–H and O–H groups in total. The van der Waals surface area contributed by atoms with E-state index in [1.807, 2.05) is 6.07 Å². The van der Waals surface area contributed by atoms with Gasteiger partial charge in [0, 0.05) is 25.3 Å². The van der Waals surface area contributed by atoms with Gasteiger partial charge >= 0.3 is 0 Å². The molecule has 0 aliphatic carbocycles. The maximum atomic E-state index is 12.9. The van der Waals surface area contributed by atoms with Crippen molar-refractivity contribution in [1.29, 1.82) is 0 Å². The van der Waals surface area contributed by atoms with Crippen LogP contribution >= 0.6 is 35.0 Å². The molecule has 1 aliphatic heterocycles. The van der Waals surface area contributed by atoms with Crippen LogP contribution in [0.4, 0.5) is 5.69 Å². The highest BCUT2D eigenvalue weighted by molar-refractivity contribution is 8.13. The Morgan fingerprint density at radius 3 is 2.83 bits per heavy atom. The molecular weight excluding hydrogens is 443 g/mol. The molecular formula is C21H18Cl2N4O2S. The maximum Gasteiger partial charge on any atom is 0.261 e. The number of benzene rings is 2. The number of thioether (sulfide) groups is 1. The summed E-state index contributed by atoms with van der Waals surface area (Å²) in [6.45, 7) is 0.855. The summed E-state index contributed by atoms with van der Waals surface area (Å²) in [6, 6.07) is 12.3. The van der Waals surface area contributed by atoms with Crippen LogP contribution in [0.25, 0.3) is 10.9 Å². The van der Waals surface area contributed by atoms with Gasteiger partial charge < -0.3 is 0 Å². The van der Waals surface area contributed by atoms with E-state index in [0.29, 0.717) is 38.3 Å². The Hall–Kier alpha value is -2.35. The predicted octanol–water partition coefficient (Wildman–Crippen LogP) is 4.75. The number of hydrogen-bond donors (Lipinski definition) is 0. The molecule has 2 aromatic carbocycles. The molecule has 3 aromatic rings. The van der Waals surface area contributed by atoms with Crippen molar-refractivity contribution >= 4 is 62.6 Å². The van der Waals surface area contributed by atoms with Crippen LogP contribution in [0.1, 0.15) is 12.8 Å². The Balaban J connectivity index is 1.51. The molecule has 1 saturated heterocycles. The standard InChI is InChI=1S/C21H18Cl2N4O2S/c22-16-7-6-14(12-17(16)23)25-21-27(9-3-11-30-21)19(28)8-10-26-13-24-18-5-2-1-4-15(18)20(26)29/h1-2,4-7,12-13H,3,8-11H2. The minimum Gasteiger partial charge on any atom is -0.298 e. The second kappa shape index (κ2) is 9.20. The van der Waals surface area contributed by atoms with Gasteiger partial charge in [-0.2, -0.15) is 0 Å². The minimum absolute atomic E-state index is 0.0823. The number of rotatable bonds is 4. The average Bonchev–Trinajstić information content (AvgIpc) is 2.76. The summed E-state index contributed by atoms with van der Waals surface area (Å²) in [5.74, 6) is 0.805. The van der Waals surface area contributed by atoms with Gasteiger partial charge in [-0.3, -0.25) is 19.1 Å². The van der Waals surface area contributed by atoms with Crippen LogP contribution < -0.4 is 5.56 Å². The topological polar surface area (TPSA) is 67.6 Å². The van der Waals surface area contributed by atoms with E-state index in [0.717, 1.165) is 12.2 Å². The molecule has 1 amide bonds. The molecule has 0 spiro atoms. The first-order valence-electron chi connectivity index (χ1n) is 9.44. The Morgan fingerprint density at radius 2 is 2.00 bits per heavy atom. The number of amidine groups is 1. The quantitative estimate of drug-likeness (QED) is 0.563. The number of nitrogens with zero attached hydrogens (tertiary/aromatic N) is 4. The number of amides is 1. The van der Waals surface area contributed by atoms with Crippen molar-refractivity contribution in [2.24, 2.45) is 4.99 Å². The number of halogens is 2. The number of aliphatic imine (C=N–C) groups is 1. The van der Waals surface area contributed by atoms with Crippen molar-refractivity contribution in [3.63, 3.8) is 0 Å². The third-order valence-electron chi connectivity index (χ3n) is 4.72. The van der Waals surface area contributed by atoms with E-state index in [2.05, 4.69) is 9.98 Å². The van der Waals surface area contributed by atoms with Gasteiger partial charge in [0.25, 0.3) is 5.56 Å². The molecule has 1 aromatic heterocycles. The lowest BCUT2D eigenvalue weighted by Gasteiger charge is -2.28. The molecule has 0 radical (unpaired) electrons.